The van der Waals surface area contributed by atoms with Gasteiger partial charge in [0.15, 0.2) is 0 Å². The Hall–Kier alpha value is -4.17. The first-order valence-electron chi connectivity index (χ1n) is 10.7. The van der Waals surface area contributed by atoms with Crippen LogP contribution < -0.4 is 16.0 Å². The number of hydrogen-bond donors (Lipinski definition) is 4. The molecule has 3 aromatic carbocycles. The molecule has 174 valence electrons. The first kappa shape index (κ1) is 23.0. The van der Waals surface area contributed by atoms with E-state index in [9.17, 15) is 14.0 Å². The Morgan fingerprint density at radius 1 is 1.03 bits per heavy atom. The van der Waals surface area contributed by atoms with Crippen LogP contribution in [0.4, 0.5) is 21.5 Å². The van der Waals surface area contributed by atoms with Gasteiger partial charge in [0, 0.05) is 29.0 Å². The highest BCUT2D eigenvalue weighted by atomic mass is 19.1. The summed E-state index contributed by atoms with van der Waals surface area (Å²) in [4.78, 5) is 26.0. The summed E-state index contributed by atoms with van der Waals surface area (Å²) in [6.07, 6.45) is 0. The Kier molecular flexibility index (Phi) is 6.60. The Morgan fingerprint density at radius 3 is 2.50 bits per heavy atom. The van der Waals surface area contributed by atoms with Crippen molar-refractivity contribution >= 4 is 40.2 Å². The number of rotatable bonds is 8. The molecule has 3 aromatic rings. The third-order valence-electron chi connectivity index (χ3n) is 5.29. The molecule has 1 amide bonds. The molecule has 0 radical (unpaired) electrons. The highest BCUT2D eigenvalue weighted by Crippen LogP contribution is 2.38. The zero-order chi connectivity index (χ0) is 24.2. The largest absolute Gasteiger partial charge is 0.480 e. The fourth-order valence-electron chi connectivity index (χ4n) is 3.84. The summed E-state index contributed by atoms with van der Waals surface area (Å²) < 4.78 is 13.8. The number of carboxylic acids is 1. The van der Waals surface area contributed by atoms with Crippen molar-refractivity contribution < 1.29 is 19.1 Å². The number of anilines is 3. The average molecular weight is 461 g/mol. The van der Waals surface area contributed by atoms with E-state index in [2.05, 4.69) is 20.9 Å². The lowest BCUT2D eigenvalue weighted by Crippen LogP contribution is -2.13. The highest BCUT2D eigenvalue weighted by Gasteiger charge is 2.29. The van der Waals surface area contributed by atoms with Crippen molar-refractivity contribution in [3.8, 4) is 0 Å². The van der Waals surface area contributed by atoms with Crippen LogP contribution in [0.3, 0.4) is 0 Å². The number of amides is 1. The SMILES string of the molecule is CN(C)Cc1ccc(NC(=C2C(=O)Nc3cc(F)ccc32)c2cccc(NCC(=O)O)c2)cc1. The van der Waals surface area contributed by atoms with E-state index in [-0.39, 0.29) is 12.5 Å². The Bertz CT molecular complexity index is 1270. The number of benzene rings is 3. The molecule has 0 unspecified atom stereocenters. The first-order valence-corrected chi connectivity index (χ1v) is 10.7. The van der Waals surface area contributed by atoms with Crippen LogP contribution in [-0.4, -0.2) is 42.5 Å². The minimum Gasteiger partial charge on any atom is -0.480 e. The van der Waals surface area contributed by atoms with Crippen molar-refractivity contribution in [1.29, 1.82) is 0 Å². The van der Waals surface area contributed by atoms with Crippen molar-refractivity contribution in [3.05, 3.63) is 89.2 Å². The number of carbonyl (C=O) groups excluding carboxylic acids is 1. The van der Waals surface area contributed by atoms with Crippen LogP contribution in [-0.2, 0) is 16.1 Å². The smallest absolute Gasteiger partial charge is 0.322 e. The fourth-order valence-corrected chi connectivity index (χ4v) is 3.84. The van der Waals surface area contributed by atoms with Crippen molar-refractivity contribution in [1.82, 2.24) is 4.90 Å². The summed E-state index contributed by atoms with van der Waals surface area (Å²) in [6.45, 7) is 0.561. The molecule has 0 bridgehead atoms. The molecule has 8 heteroatoms. The second-order valence-electron chi connectivity index (χ2n) is 8.28. The number of carboxylic acid groups (broad SMARTS) is 1. The predicted octanol–water partition coefficient (Wildman–Crippen LogP) is 4.32. The van der Waals surface area contributed by atoms with E-state index in [0.29, 0.717) is 33.8 Å². The molecule has 0 aromatic heterocycles. The molecule has 0 atom stereocenters. The van der Waals surface area contributed by atoms with Gasteiger partial charge in [0.25, 0.3) is 5.91 Å². The summed E-state index contributed by atoms with van der Waals surface area (Å²) in [5.41, 5.74) is 5.09. The zero-order valence-corrected chi connectivity index (χ0v) is 18.9. The number of halogens is 1. The third kappa shape index (κ3) is 5.24. The summed E-state index contributed by atoms with van der Waals surface area (Å²) in [7, 11) is 4.00. The number of hydrogen-bond acceptors (Lipinski definition) is 5. The molecule has 0 saturated carbocycles. The van der Waals surface area contributed by atoms with E-state index in [1.165, 1.54) is 12.1 Å². The van der Waals surface area contributed by atoms with Gasteiger partial charge in [-0.3, -0.25) is 9.59 Å². The third-order valence-corrected chi connectivity index (χ3v) is 5.29. The normalized spacial score (nSPS) is 13.9. The van der Waals surface area contributed by atoms with Crippen LogP contribution in [0.5, 0.6) is 0 Å². The number of nitrogens with zero attached hydrogens (tertiary/aromatic N) is 1. The fraction of sp³-hybridized carbons (Fsp3) is 0.154. The molecule has 0 aliphatic carbocycles. The molecule has 34 heavy (non-hydrogen) atoms. The van der Waals surface area contributed by atoms with E-state index in [0.717, 1.165) is 17.8 Å². The second-order valence-corrected chi connectivity index (χ2v) is 8.28. The molecule has 4 rings (SSSR count). The van der Waals surface area contributed by atoms with Crippen LogP contribution >= 0.6 is 0 Å². The molecule has 1 aliphatic heterocycles. The maximum Gasteiger partial charge on any atom is 0.322 e. The lowest BCUT2D eigenvalue weighted by atomic mass is 9.99. The van der Waals surface area contributed by atoms with E-state index in [4.69, 9.17) is 5.11 Å². The molecular weight excluding hydrogens is 435 g/mol. The molecule has 7 nitrogen and oxygen atoms in total. The van der Waals surface area contributed by atoms with Crippen LogP contribution in [0.1, 0.15) is 16.7 Å². The molecule has 0 fully saturated rings. The average Bonchev–Trinajstić information content (AvgIpc) is 3.11. The van der Waals surface area contributed by atoms with Crippen molar-refractivity contribution in [2.75, 3.05) is 36.6 Å². The first-order chi connectivity index (χ1) is 16.3. The van der Waals surface area contributed by atoms with Gasteiger partial charge in [-0.05, 0) is 62.1 Å². The number of carbonyl (C=O) groups is 2. The minimum absolute atomic E-state index is 0.237. The standard InChI is InChI=1S/C26H25FN4O3/c1-31(2)15-16-6-9-19(10-7-16)29-25(17-4-3-5-20(12-17)28-14-23(32)33)24-21-11-8-18(27)13-22(21)30-26(24)34/h3-13,28-29H,14-15H2,1-2H3,(H,30,34)(H,32,33). The van der Waals surface area contributed by atoms with E-state index in [1.807, 2.05) is 44.4 Å². The van der Waals surface area contributed by atoms with E-state index >= 15 is 0 Å². The van der Waals surface area contributed by atoms with Crippen LogP contribution in [0.2, 0.25) is 0 Å². The summed E-state index contributed by atoms with van der Waals surface area (Å²) in [6, 6.07) is 19.2. The van der Waals surface area contributed by atoms with Gasteiger partial charge in [-0.1, -0.05) is 24.3 Å². The van der Waals surface area contributed by atoms with Gasteiger partial charge in [0.1, 0.15) is 12.4 Å². The molecular formula is C26H25FN4O3. The van der Waals surface area contributed by atoms with Gasteiger partial charge in [0.05, 0.1) is 17.0 Å². The molecule has 0 spiro atoms. The Morgan fingerprint density at radius 2 is 1.79 bits per heavy atom. The summed E-state index contributed by atoms with van der Waals surface area (Å²) in [5, 5.41) is 17.9. The Balaban J connectivity index is 1.78. The molecule has 1 aliphatic rings. The number of fused-ring (bicyclic) bond motifs is 1. The van der Waals surface area contributed by atoms with Gasteiger partial charge >= 0.3 is 5.97 Å². The summed E-state index contributed by atoms with van der Waals surface area (Å²) in [5.74, 6) is -1.77. The minimum atomic E-state index is -0.981. The number of aliphatic carboxylic acids is 1. The maximum absolute atomic E-state index is 13.8. The topological polar surface area (TPSA) is 93.7 Å². The lowest BCUT2D eigenvalue weighted by Gasteiger charge is -2.17. The van der Waals surface area contributed by atoms with Gasteiger partial charge in [-0.2, -0.15) is 0 Å². The molecule has 1 heterocycles. The van der Waals surface area contributed by atoms with Gasteiger partial charge in [0.2, 0.25) is 0 Å². The van der Waals surface area contributed by atoms with Gasteiger partial charge in [-0.25, -0.2) is 4.39 Å². The van der Waals surface area contributed by atoms with Gasteiger partial charge in [-0.15, -0.1) is 0 Å². The van der Waals surface area contributed by atoms with E-state index in [1.54, 1.807) is 24.3 Å². The highest BCUT2D eigenvalue weighted by molar-refractivity contribution is 6.37. The van der Waals surface area contributed by atoms with Crippen LogP contribution in [0.25, 0.3) is 11.3 Å². The second kappa shape index (κ2) is 9.76. The van der Waals surface area contributed by atoms with Crippen molar-refractivity contribution in [3.63, 3.8) is 0 Å². The number of nitrogens with one attached hydrogen (secondary N) is 3. The van der Waals surface area contributed by atoms with Crippen LogP contribution in [0.15, 0.2) is 66.7 Å². The monoisotopic (exact) mass is 460 g/mol. The summed E-state index contributed by atoms with van der Waals surface area (Å²) >= 11 is 0. The predicted molar refractivity (Wildman–Crippen MR) is 132 cm³/mol. The molecule has 0 saturated heterocycles. The lowest BCUT2D eigenvalue weighted by molar-refractivity contribution is -0.134. The van der Waals surface area contributed by atoms with Crippen molar-refractivity contribution in [2.24, 2.45) is 0 Å². The van der Waals surface area contributed by atoms with Crippen LogP contribution in [0, 0.1) is 5.82 Å². The molecule has 4 N–H and O–H groups in total. The quantitative estimate of drug-likeness (QED) is 0.374. The van der Waals surface area contributed by atoms with Gasteiger partial charge < -0.3 is 26.0 Å². The zero-order valence-electron chi connectivity index (χ0n) is 18.9. The van der Waals surface area contributed by atoms with Crippen molar-refractivity contribution in [2.45, 2.75) is 6.54 Å². The van der Waals surface area contributed by atoms with E-state index < -0.39 is 11.8 Å². The maximum atomic E-state index is 13.8. The Labute approximate surface area is 196 Å².